The van der Waals surface area contributed by atoms with E-state index in [1.54, 1.807) is 42.5 Å². The Kier molecular flexibility index (Phi) is 5.50. The van der Waals surface area contributed by atoms with E-state index in [0.717, 1.165) is 12.8 Å². The molecule has 1 saturated carbocycles. The summed E-state index contributed by atoms with van der Waals surface area (Å²) in [6, 6.07) is 13.0. The number of rotatable bonds is 6. The lowest BCUT2D eigenvalue weighted by molar-refractivity contribution is -0.133. The lowest BCUT2D eigenvalue weighted by Crippen LogP contribution is -2.26. The van der Waals surface area contributed by atoms with E-state index in [1.165, 1.54) is 19.2 Å². The van der Waals surface area contributed by atoms with Gasteiger partial charge in [0.05, 0.1) is 12.7 Å². The van der Waals surface area contributed by atoms with Gasteiger partial charge in [0.15, 0.2) is 0 Å². The summed E-state index contributed by atoms with van der Waals surface area (Å²) in [6.07, 6.45) is 3.60. The highest BCUT2D eigenvalue weighted by molar-refractivity contribution is 6.25. The standard InChI is InChI=1S/C22H20FNO3/c1-14(22(26)27-2)19-6-4-3-5-16(19)13-20(21(25)24-18-11-12-18)15-7-9-17(23)10-8-15/h3-10,13,18H,1,11-12H2,2H3,(H,24,25)/b20-13+. The highest BCUT2D eigenvalue weighted by atomic mass is 19.1. The molecule has 1 fully saturated rings. The van der Waals surface area contributed by atoms with Gasteiger partial charge in [0.25, 0.3) is 5.91 Å². The van der Waals surface area contributed by atoms with Gasteiger partial charge in [-0.2, -0.15) is 0 Å². The van der Waals surface area contributed by atoms with Gasteiger partial charge in [0.2, 0.25) is 0 Å². The Labute approximate surface area is 157 Å². The summed E-state index contributed by atoms with van der Waals surface area (Å²) in [7, 11) is 1.29. The molecule has 0 saturated heterocycles. The summed E-state index contributed by atoms with van der Waals surface area (Å²) >= 11 is 0. The maximum absolute atomic E-state index is 13.3. The molecule has 138 valence electrons. The summed E-state index contributed by atoms with van der Waals surface area (Å²) in [5.41, 5.74) is 2.41. The van der Waals surface area contributed by atoms with Gasteiger partial charge in [-0.15, -0.1) is 0 Å². The predicted octanol–water partition coefficient (Wildman–Crippen LogP) is 3.83. The number of nitrogens with one attached hydrogen (secondary N) is 1. The number of benzene rings is 2. The molecule has 0 spiro atoms. The molecule has 0 radical (unpaired) electrons. The van der Waals surface area contributed by atoms with Gasteiger partial charge in [0.1, 0.15) is 5.82 Å². The second-order valence-electron chi connectivity index (χ2n) is 6.37. The fraction of sp³-hybridized carbons (Fsp3) is 0.182. The van der Waals surface area contributed by atoms with Crippen LogP contribution in [0.25, 0.3) is 17.2 Å². The SMILES string of the molecule is C=C(C(=O)OC)c1ccccc1/C=C(/C(=O)NC1CC1)c1ccc(F)cc1. The Morgan fingerprint density at radius 1 is 1.15 bits per heavy atom. The minimum atomic E-state index is -0.540. The van der Waals surface area contributed by atoms with Crippen LogP contribution in [0.5, 0.6) is 0 Å². The van der Waals surface area contributed by atoms with Crippen molar-refractivity contribution in [3.05, 3.63) is 77.6 Å². The first kappa shape index (κ1) is 18.6. The molecule has 27 heavy (non-hydrogen) atoms. The third-order valence-electron chi connectivity index (χ3n) is 4.33. The summed E-state index contributed by atoms with van der Waals surface area (Å²) in [5.74, 6) is -1.15. The van der Waals surface area contributed by atoms with Crippen molar-refractivity contribution < 1.29 is 18.7 Å². The maximum Gasteiger partial charge on any atom is 0.337 e. The van der Waals surface area contributed by atoms with Gasteiger partial charge in [0, 0.05) is 11.6 Å². The molecule has 0 unspecified atom stereocenters. The topological polar surface area (TPSA) is 55.4 Å². The number of ether oxygens (including phenoxy) is 1. The van der Waals surface area contributed by atoms with Crippen molar-refractivity contribution in [3.8, 4) is 0 Å². The van der Waals surface area contributed by atoms with Crippen molar-refractivity contribution in [3.63, 3.8) is 0 Å². The van der Waals surface area contributed by atoms with E-state index in [2.05, 4.69) is 11.9 Å². The highest BCUT2D eigenvalue weighted by Crippen LogP contribution is 2.27. The first-order valence-electron chi connectivity index (χ1n) is 8.64. The van der Waals surface area contributed by atoms with E-state index in [-0.39, 0.29) is 23.3 Å². The van der Waals surface area contributed by atoms with Crippen LogP contribution in [0, 0.1) is 5.82 Å². The molecule has 1 N–H and O–H groups in total. The number of carbonyl (C=O) groups excluding carboxylic acids is 2. The van der Waals surface area contributed by atoms with Crippen molar-refractivity contribution in [2.75, 3.05) is 7.11 Å². The van der Waals surface area contributed by atoms with Crippen molar-refractivity contribution in [1.82, 2.24) is 5.32 Å². The fourth-order valence-corrected chi connectivity index (χ4v) is 2.69. The van der Waals surface area contributed by atoms with Gasteiger partial charge < -0.3 is 10.1 Å². The normalized spacial score (nSPS) is 13.8. The molecule has 3 rings (SSSR count). The largest absolute Gasteiger partial charge is 0.465 e. The molecule has 0 bridgehead atoms. The lowest BCUT2D eigenvalue weighted by atomic mass is 9.96. The van der Waals surface area contributed by atoms with Crippen LogP contribution in [0.4, 0.5) is 4.39 Å². The van der Waals surface area contributed by atoms with Crippen LogP contribution >= 0.6 is 0 Å². The van der Waals surface area contributed by atoms with Gasteiger partial charge in [-0.05, 0) is 47.7 Å². The quantitative estimate of drug-likeness (QED) is 0.481. The number of halogens is 1. The molecule has 2 aromatic rings. The van der Waals surface area contributed by atoms with Crippen LogP contribution < -0.4 is 5.32 Å². The summed E-state index contributed by atoms with van der Waals surface area (Å²) in [6.45, 7) is 3.80. The Bertz CT molecular complexity index is 911. The molecule has 0 heterocycles. The van der Waals surface area contributed by atoms with Crippen molar-refractivity contribution in [2.45, 2.75) is 18.9 Å². The zero-order valence-corrected chi connectivity index (χ0v) is 15.0. The average Bonchev–Trinajstić information content (AvgIpc) is 3.50. The second-order valence-corrected chi connectivity index (χ2v) is 6.37. The van der Waals surface area contributed by atoms with Crippen LogP contribution in [0.1, 0.15) is 29.5 Å². The monoisotopic (exact) mass is 365 g/mol. The molecule has 2 aromatic carbocycles. The third-order valence-corrected chi connectivity index (χ3v) is 4.33. The highest BCUT2D eigenvalue weighted by Gasteiger charge is 2.25. The molecule has 0 aromatic heterocycles. The Morgan fingerprint density at radius 3 is 2.44 bits per heavy atom. The van der Waals surface area contributed by atoms with Gasteiger partial charge in [-0.25, -0.2) is 9.18 Å². The number of esters is 1. The first-order chi connectivity index (χ1) is 13.0. The van der Waals surface area contributed by atoms with E-state index >= 15 is 0 Å². The second kappa shape index (κ2) is 7.99. The molecule has 5 heteroatoms. The van der Waals surface area contributed by atoms with Crippen molar-refractivity contribution in [1.29, 1.82) is 0 Å². The molecule has 1 aliphatic carbocycles. The summed E-state index contributed by atoms with van der Waals surface area (Å²) in [5, 5.41) is 2.95. The molecular weight excluding hydrogens is 345 g/mol. The van der Waals surface area contributed by atoms with E-state index < -0.39 is 5.97 Å². The number of hydrogen-bond donors (Lipinski definition) is 1. The number of carbonyl (C=O) groups is 2. The number of hydrogen-bond acceptors (Lipinski definition) is 3. The van der Waals surface area contributed by atoms with E-state index in [4.69, 9.17) is 4.74 Å². The minimum Gasteiger partial charge on any atom is -0.465 e. The third kappa shape index (κ3) is 4.50. The number of methoxy groups -OCH3 is 1. The zero-order valence-electron chi connectivity index (χ0n) is 15.0. The molecule has 4 nitrogen and oxygen atoms in total. The smallest absolute Gasteiger partial charge is 0.337 e. The van der Waals surface area contributed by atoms with Crippen LogP contribution in [-0.4, -0.2) is 25.0 Å². The average molecular weight is 365 g/mol. The number of amides is 1. The van der Waals surface area contributed by atoms with Crippen molar-refractivity contribution in [2.24, 2.45) is 0 Å². The van der Waals surface area contributed by atoms with Gasteiger partial charge in [-0.1, -0.05) is 43.0 Å². The van der Waals surface area contributed by atoms with Crippen molar-refractivity contribution >= 4 is 29.1 Å². The lowest BCUT2D eigenvalue weighted by Gasteiger charge is -2.12. The van der Waals surface area contributed by atoms with Crippen LogP contribution in [-0.2, 0) is 14.3 Å². The Hall–Kier alpha value is -3.21. The molecular formula is C22H20FNO3. The first-order valence-corrected chi connectivity index (χ1v) is 8.64. The Morgan fingerprint density at radius 2 is 1.81 bits per heavy atom. The minimum absolute atomic E-state index is 0.182. The molecule has 0 aliphatic heterocycles. The van der Waals surface area contributed by atoms with E-state index in [9.17, 15) is 14.0 Å². The predicted molar refractivity (Wildman–Crippen MR) is 103 cm³/mol. The molecule has 0 atom stereocenters. The van der Waals surface area contributed by atoms with E-state index in [1.807, 2.05) is 0 Å². The Balaban J connectivity index is 2.05. The molecule has 1 amide bonds. The van der Waals surface area contributed by atoms with Gasteiger partial charge >= 0.3 is 5.97 Å². The molecule has 1 aliphatic rings. The van der Waals surface area contributed by atoms with Crippen LogP contribution in [0.15, 0.2) is 55.1 Å². The van der Waals surface area contributed by atoms with E-state index in [0.29, 0.717) is 22.3 Å². The van der Waals surface area contributed by atoms with Crippen LogP contribution in [0.3, 0.4) is 0 Å². The summed E-state index contributed by atoms with van der Waals surface area (Å²) in [4.78, 5) is 24.6. The maximum atomic E-state index is 13.3. The van der Waals surface area contributed by atoms with Crippen LogP contribution in [0.2, 0.25) is 0 Å². The van der Waals surface area contributed by atoms with Gasteiger partial charge in [-0.3, -0.25) is 4.79 Å². The summed E-state index contributed by atoms with van der Waals surface area (Å²) < 4.78 is 18.1. The fourth-order valence-electron chi connectivity index (χ4n) is 2.69. The zero-order chi connectivity index (χ0) is 19.4.